The molecule has 0 aliphatic heterocycles. The Labute approximate surface area is 106 Å². The molecule has 0 saturated carbocycles. The third-order valence-corrected chi connectivity index (χ3v) is 5.93. The van der Waals surface area contributed by atoms with Crippen molar-refractivity contribution in [1.82, 2.24) is 0 Å². The van der Waals surface area contributed by atoms with Crippen LogP contribution in [0.15, 0.2) is 0 Å². The molecule has 0 atom stereocenters. The topological polar surface area (TPSA) is 44.8 Å². The molecule has 4 nitrogen and oxygen atoms in total. The first-order valence-electron chi connectivity index (χ1n) is 6.34. The minimum atomic E-state index is -1.87. The summed E-state index contributed by atoms with van der Waals surface area (Å²) in [6.07, 6.45) is 4.76. The van der Waals surface area contributed by atoms with Gasteiger partial charge in [0.2, 0.25) is 0 Å². The average Bonchev–Trinajstić information content (AvgIpc) is 2.36. The molecule has 5 heteroatoms. The molecular weight excluding hydrogens is 236 g/mol. The molecule has 0 aliphatic carbocycles. The van der Waals surface area contributed by atoms with Crippen molar-refractivity contribution in [3.63, 3.8) is 0 Å². The zero-order chi connectivity index (χ0) is 13.1. The predicted molar refractivity (Wildman–Crippen MR) is 70.2 cm³/mol. The molecule has 0 amide bonds. The van der Waals surface area contributed by atoms with Gasteiger partial charge in [-0.05, 0) is 19.0 Å². The van der Waals surface area contributed by atoms with Crippen LogP contribution >= 0.6 is 0 Å². The molecular formula is C12H26O4Si. The zero-order valence-corrected chi connectivity index (χ0v) is 12.6. The lowest BCUT2D eigenvalue weighted by Crippen LogP contribution is -2.35. The van der Waals surface area contributed by atoms with Gasteiger partial charge < -0.3 is 13.6 Å². The molecule has 102 valence electrons. The van der Waals surface area contributed by atoms with Gasteiger partial charge in [0.1, 0.15) is 0 Å². The molecule has 0 saturated heterocycles. The second-order valence-corrected chi connectivity index (χ2v) is 7.86. The van der Waals surface area contributed by atoms with Crippen LogP contribution in [0.1, 0.15) is 39.0 Å². The van der Waals surface area contributed by atoms with Gasteiger partial charge in [0.15, 0.2) is 0 Å². The van der Waals surface area contributed by atoms with E-state index in [9.17, 15) is 4.79 Å². The minimum Gasteiger partial charge on any atom is -0.466 e. The number of carbonyl (C=O) groups is 1. The third-order valence-electron chi connectivity index (χ3n) is 2.94. The van der Waals surface area contributed by atoms with Gasteiger partial charge in [0.25, 0.3) is 0 Å². The highest BCUT2D eigenvalue weighted by Crippen LogP contribution is 2.16. The van der Waals surface area contributed by atoms with Crippen LogP contribution in [-0.4, -0.2) is 35.4 Å². The second kappa shape index (κ2) is 9.62. The maximum atomic E-state index is 10.9. The highest BCUT2D eigenvalue weighted by atomic mass is 28.4. The van der Waals surface area contributed by atoms with Crippen LogP contribution in [0.5, 0.6) is 0 Å². The van der Waals surface area contributed by atoms with E-state index in [4.69, 9.17) is 13.6 Å². The van der Waals surface area contributed by atoms with Crippen molar-refractivity contribution in [2.24, 2.45) is 0 Å². The largest absolute Gasteiger partial charge is 0.466 e. The van der Waals surface area contributed by atoms with E-state index in [0.717, 1.165) is 31.7 Å². The van der Waals surface area contributed by atoms with Crippen LogP contribution in [-0.2, 0) is 18.4 Å². The van der Waals surface area contributed by atoms with Crippen LogP contribution in [0.4, 0.5) is 0 Å². The summed E-state index contributed by atoms with van der Waals surface area (Å²) in [4.78, 5) is 10.9. The molecule has 0 bridgehead atoms. The quantitative estimate of drug-likeness (QED) is 0.345. The fourth-order valence-corrected chi connectivity index (χ4v) is 2.94. The van der Waals surface area contributed by atoms with Gasteiger partial charge in [-0.1, -0.05) is 26.2 Å². The van der Waals surface area contributed by atoms with Crippen molar-refractivity contribution in [3.05, 3.63) is 0 Å². The van der Waals surface area contributed by atoms with E-state index in [1.807, 2.05) is 6.92 Å². The summed E-state index contributed by atoms with van der Waals surface area (Å²) in [7, 11) is 1.57. The Kier molecular flexibility index (Phi) is 9.40. The lowest BCUT2D eigenvalue weighted by molar-refractivity contribution is -0.143. The highest BCUT2D eigenvalue weighted by Gasteiger charge is 2.27. The van der Waals surface area contributed by atoms with Gasteiger partial charge in [-0.15, -0.1) is 0 Å². The summed E-state index contributed by atoms with van der Waals surface area (Å²) in [5.41, 5.74) is 0. The first-order chi connectivity index (χ1) is 8.08. The predicted octanol–water partition coefficient (Wildman–Crippen LogP) is 2.86. The van der Waals surface area contributed by atoms with Crippen molar-refractivity contribution in [2.45, 2.75) is 51.6 Å². The Bertz CT molecular complexity index is 205. The molecule has 0 aromatic rings. The summed E-state index contributed by atoms with van der Waals surface area (Å²) in [5, 5.41) is 0. The Balaban J connectivity index is 3.37. The van der Waals surface area contributed by atoms with Crippen LogP contribution in [0.25, 0.3) is 0 Å². The summed E-state index contributed by atoms with van der Waals surface area (Å²) >= 11 is 0. The van der Waals surface area contributed by atoms with E-state index in [-0.39, 0.29) is 5.97 Å². The van der Waals surface area contributed by atoms with E-state index in [1.165, 1.54) is 0 Å². The third kappa shape index (κ3) is 8.35. The summed E-state index contributed by atoms with van der Waals surface area (Å²) in [6.45, 7) is 4.44. The van der Waals surface area contributed by atoms with Crippen LogP contribution in [0, 0.1) is 0 Å². The second-order valence-electron chi connectivity index (χ2n) is 4.28. The van der Waals surface area contributed by atoms with E-state index >= 15 is 0 Å². The van der Waals surface area contributed by atoms with E-state index < -0.39 is 8.56 Å². The van der Waals surface area contributed by atoms with Gasteiger partial charge in [0, 0.05) is 20.6 Å². The number of rotatable bonds is 10. The summed E-state index contributed by atoms with van der Waals surface area (Å²) in [5.74, 6) is -0.108. The first kappa shape index (κ1) is 16.6. The number of hydrogen-bond acceptors (Lipinski definition) is 4. The van der Waals surface area contributed by atoms with Crippen LogP contribution < -0.4 is 0 Å². The van der Waals surface area contributed by atoms with Gasteiger partial charge in [-0.3, -0.25) is 4.79 Å². The molecule has 0 rings (SSSR count). The molecule has 0 N–H and O–H groups in total. The van der Waals surface area contributed by atoms with Crippen molar-refractivity contribution in [2.75, 3.05) is 20.8 Å². The first-order valence-corrected chi connectivity index (χ1v) is 8.86. The van der Waals surface area contributed by atoms with Gasteiger partial charge in [-0.2, -0.15) is 0 Å². The number of unbranched alkanes of at least 4 members (excludes halogenated alkanes) is 3. The molecule has 0 aromatic carbocycles. The molecule has 0 unspecified atom stereocenters. The van der Waals surface area contributed by atoms with E-state index in [0.29, 0.717) is 13.0 Å². The average molecular weight is 262 g/mol. The molecule has 0 fully saturated rings. The Hall–Kier alpha value is -0.393. The summed E-state index contributed by atoms with van der Waals surface area (Å²) in [6, 6.07) is 1.02. The van der Waals surface area contributed by atoms with Crippen molar-refractivity contribution >= 4 is 14.5 Å². The molecule has 17 heavy (non-hydrogen) atoms. The molecule has 0 aromatic heterocycles. The fraction of sp³-hybridized carbons (Fsp3) is 0.917. The summed E-state index contributed by atoms with van der Waals surface area (Å²) < 4.78 is 15.8. The van der Waals surface area contributed by atoms with E-state index in [1.54, 1.807) is 14.2 Å². The van der Waals surface area contributed by atoms with Crippen LogP contribution in [0.2, 0.25) is 12.6 Å². The van der Waals surface area contributed by atoms with E-state index in [2.05, 4.69) is 6.55 Å². The lowest BCUT2D eigenvalue weighted by Gasteiger charge is -2.22. The Morgan fingerprint density at radius 2 is 1.65 bits per heavy atom. The highest BCUT2D eigenvalue weighted by molar-refractivity contribution is 6.65. The van der Waals surface area contributed by atoms with Gasteiger partial charge >= 0.3 is 14.5 Å². The van der Waals surface area contributed by atoms with Gasteiger partial charge in [0.05, 0.1) is 6.61 Å². The standard InChI is InChI=1S/C12H26O4Si/c1-5-12(13)16-10-8-6-7-9-11-17(4,14-2)15-3/h5-11H2,1-4H3. The van der Waals surface area contributed by atoms with Crippen LogP contribution in [0.3, 0.4) is 0 Å². The SMILES string of the molecule is CCC(=O)OCCCCCC[Si](C)(OC)OC. The Morgan fingerprint density at radius 3 is 2.18 bits per heavy atom. The number of hydrogen-bond donors (Lipinski definition) is 0. The smallest absolute Gasteiger partial charge is 0.334 e. The molecule has 0 spiro atoms. The monoisotopic (exact) mass is 262 g/mol. The maximum Gasteiger partial charge on any atom is 0.334 e. The number of carbonyl (C=O) groups excluding carboxylic acids is 1. The van der Waals surface area contributed by atoms with Crippen molar-refractivity contribution in [3.8, 4) is 0 Å². The zero-order valence-electron chi connectivity index (χ0n) is 11.6. The number of esters is 1. The fourth-order valence-electron chi connectivity index (χ4n) is 1.48. The normalized spacial score (nSPS) is 11.5. The maximum absolute atomic E-state index is 10.9. The Morgan fingerprint density at radius 1 is 1.06 bits per heavy atom. The lowest BCUT2D eigenvalue weighted by atomic mass is 10.2. The number of ether oxygens (including phenoxy) is 1. The van der Waals surface area contributed by atoms with Crippen molar-refractivity contribution in [1.29, 1.82) is 0 Å². The van der Waals surface area contributed by atoms with Crippen molar-refractivity contribution < 1.29 is 18.4 Å². The van der Waals surface area contributed by atoms with Gasteiger partial charge in [-0.25, -0.2) is 0 Å². The molecule has 0 radical (unpaired) electrons. The minimum absolute atomic E-state index is 0.108. The molecule has 0 heterocycles. The molecule has 0 aliphatic rings.